The van der Waals surface area contributed by atoms with Crippen LogP contribution in [0.25, 0.3) is 0 Å². The predicted octanol–water partition coefficient (Wildman–Crippen LogP) is 2.43. The second-order valence-electron chi connectivity index (χ2n) is 4.97. The molecule has 0 amide bonds. The van der Waals surface area contributed by atoms with E-state index in [0.717, 1.165) is 5.25 Å². The lowest BCUT2D eigenvalue weighted by Crippen LogP contribution is -2.43. The lowest BCUT2D eigenvalue weighted by Gasteiger charge is -2.33. The molecule has 0 saturated carbocycles. The van der Waals surface area contributed by atoms with Crippen LogP contribution in [0.3, 0.4) is 0 Å². The minimum atomic E-state index is 0.433. The average Bonchev–Trinajstić information content (AvgIpc) is 2.65. The summed E-state index contributed by atoms with van der Waals surface area (Å²) in [7, 11) is 0. The maximum absolute atomic E-state index is 5.74. The molecule has 2 heterocycles. The lowest BCUT2D eigenvalue weighted by molar-refractivity contribution is -0.0419. The van der Waals surface area contributed by atoms with Crippen molar-refractivity contribution in [3.8, 4) is 0 Å². The van der Waals surface area contributed by atoms with E-state index in [9.17, 15) is 0 Å². The highest BCUT2D eigenvalue weighted by molar-refractivity contribution is 8.00. The van der Waals surface area contributed by atoms with E-state index in [2.05, 4.69) is 30.9 Å². The molecule has 0 aliphatic carbocycles. The van der Waals surface area contributed by atoms with Gasteiger partial charge in [-0.15, -0.1) is 0 Å². The molecule has 0 bridgehead atoms. The summed E-state index contributed by atoms with van der Waals surface area (Å²) in [5.41, 5.74) is 0. The highest BCUT2D eigenvalue weighted by atomic mass is 32.2. The molecule has 3 atom stereocenters. The van der Waals surface area contributed by atoms with Gasteiger partial charge in [-0.3, -0.25) is 0 Å². The van der Waals surface area contributed by atoms with Gasteiger partial charge < -0.3 is 10.1 Å². The van der Waals surface area contributed by atoms with Crippen molar-refractivity contribution in [2.45, 2.75) is 63.0 Å². The largest absolute Gasteiger partial charge is 0.375 e. The molecule has 0 aromatic heterocycles. The van der Waals surface area contributed by atoms with E-state index in [1.165, 1.54) is 38.0 Å². The Morgan fingerprint density at radius 2 is 2.00 bits per heavy atom. The van der Waals surface area contributed by atoms with Crippen LogP contribution >= 0.6 is 11.8 Å². The standard InChI is InChI=1S/C12H23NOS/c1-9-6-11(7-10(2)14-9)13-8-12-4-3-5-15-12/h9-13H,3-8H2,1-2H3. The Morgan fingerprint density at radius 3 is 2.60 bits per heavy atom. The first kappa shape index (κ1) is 11.7. The van der Waals surface area contributed by atoms with Gasteiger partial charge in [0.25, 0.3) is 0 Å². The monoisotopic (exact) mass is 229 g/mol. The number of ether oxygens (including phenoxy) is 1. The van der Waals surface area contributed by atoms with Crippen LogP contribution in [0.15, 0.2) is 0 Å². The van der Waals surface area contributed by atoms with Crippen LogP contribution in [0.4, 0.5) is 0 Å². The number of nitrogens with one attached hydrogen (secondary N) is 1. The molecular formula is C12H23NOS. The molecule has 2 fully saturated rings. The third kappa shape index (κ3) is 3.65. The second-order valence-corrected chi connectivity index (χ2v) is 6.38. The summed E-state index contributed by atoms with van der Waals surface area (Å²) < 4.78 is 5.74. The summed E-state index contributed by atoms with van der Waals surface area (Å²) in [6, 6.07) is 0.685. The van der Waals surface area contributed by atoms with E-state index in [0.29, 0.717) is 18.2 Å². The number of rotatable bonds is 3. The van der Waals surface area contributed by atoms with Gasteiger partial charge in [-0.05, 0) is 45.3 Å². The highest BCUT2D eigenvalue weighted by Crippen LogP contribution is 2.26. The highest BCUT2D eigenvalue weighted by Gasteiger charge is 2.25. The van der Waals surface area contributed by atoms with Crippen molar-refractivity contribution in [2.24, 2.45) is 0 Å². The van der Waals surface area contributed by atoms with Gasteiger partial charge in [-0.1, -0.05) is 0 Å². The first-order valence-electron chi connectivity index (χ1n) is 6.24. The maximum atomic E-state index is 5.74. The Balaban J connectivity index is 1.69. The van der Waals surface area contributed by atoms with E-state index >= 15 is 0 Å². The van der Waals surface area contributed by atoms with Crippen molar-refractivity contribution in [1.82, 2.24) is 5.32 Å². The van der Waals surface area contributed by atoms with E-state index in [1.54, 1.807) is 0 Å². The summed E-state index contributed by atoms with van der Waals surface area (Å²) in [6.45, 7) is 5.58. The molecule has 2 saturated heterocycles. The van der Waals surface area contributed by atoms with Gasteiger partial charge in [0, 0.05) is 17.8 Å². The van der Waals surface area contributed by atoms with E-state index < -0.39 is 0 Å². The maximum Gasteiger partial charge on any atom is 0.0565 e. The van der Waals surface area contributed by atoms with E-state index in [1.807, 2.05) is 0 Å². The first-order chi connectivity index (χ1) is 7.24. The van der Waals surface area contributed by atoms with Gasteiger partial charge in [-0.2, -0.15) is 11.8 Å². The van der Waals surface area contributed by atoms with Crippen LogP contribution in [0.2, 0.25) is 0 Å². The zero-order valence-corrected chi connectivity index (χ0v) is 10.7. The lowest BCUT2D eigenvalue weighted by atomic mass is 10.00. The summed E-state index contributed by atoms with van der Waals surface area (Å²) >= 11 is 2.14. The molecule has 2 nitrogen and oxygen atoms in total. The van der Waals surface area contributed by atoms with Crippen LogP contribution in [0, 0.1) is 0 Å². The van der Waals surface area contributed by atoms with Gasteiger partial charge in [-0.25, -0.2) is 0 Å². The fourth-order valence-electron chi connectivity index (χ4n) is 2.68. The Bertz CT molecular complexity index is 184. The third-order valence-electron chi connectivity index (χ3n) is 3.36. The average molecular weight is 229 g/mol. The molecule has 0 radical (unpaired) electrons. The fourth-order valence-corrected chi connectivity index (χ4v) is 3.89. The van der Waals surface area contributed by atoms with Gasteiger partial charge in [0.1, 0.15) is 0 Å². The molecule has 0 aromatic carbocycles. The third-order valence-corrected chi connectivity index (χ3v) is 4.75. The van der Waals surface area contributed by atoms with Gasteiger partial charge >= 0.3 is 0 Å². The molecule has 2 aliphatic heterocycles. The first-order valence-corrected chi connectivity index (χ1v) is 7.29. The van der Waals surface area contributed by atoms with Crippen molar-refractivity contribution >= 4 is 11.8 Å². The molecule has 15 heavy (non-hydrogen) atoms. The van der Waals surface area contributed by atoms with Crippen LogP contribution in [0.1, 0.15) is 39.5 Å². The van der Waals surface area contributed by atoms with Crippen LogP contribution in [0.5, 0.6) is 0 Å². The summed E-state index contributed by atoms with van der Waals surface area (Å²) in [6.07, 6.45) is 6.05. The van der Waals surface area contributed by atoms with Gasteiger partial charge in [0.2, 0.25) is 0 Å². The minimum absolute atomic E-state index is 0.433. The Hall–Kier alpha value is 0.270. The van der Waals surface area contributed by atoms with Gasteiger partial charge in [0.15, 0.2) is 0 Å². The van der Waals surface area contributed by atoms with Crippen LogP contribution in [-0.2, 0) is 4.74 Å². The van der Waals surface area contributed by atoms with Crippen molar-refractivity contribution in [3.05, 3.63) is 0 Å². The molecule has 3 heteroatoms. The molecule has 1 N–H and O–H groups in total. The molecule has 3 unspecified atom stereocenters. The van der Waals surface area contributed by atoms with Gasteiger partial charge in [0.05, 0.1) is 12.2 Å². The topological polar surface area (TPSA) is 21.3 Å². The smallest absolute Gasteiger partial charge is 0.0565 e. The van der Waals surface area contributed by atoms with E-state index in [-0.39, 0.29) is 0 Å². The van der Waals surface area contributed by atoms with Crippen LogP contribution < -0.4 is 5.32 Å². The Morgan fingerprint density at radius 1 is 1.27 bits per heavy atom. The molecule has 2 rings (SSSR count). The Kier molecular flexibility index (Phi) is 4.35. The van der Waals surface area contributed by atoms with Crippen molar-refractivity contribution < 1.29 is 4.74 Å². The van der Waals surface area contributed by atoms with Crippen molar-refractivity contribution in [1.29, 1.82) is 0 Å². The number of hydrogen-bond acceptors (Lipinski definition) is 3. The molecule has 88 valence electrons. The zero-order valence-electron chi connectivity index (χ0n) is 9.87. The fraction of sp³-hybridized carbons (Fsp3) is 1.00. The summed E-state index contributed by atoms with van der Waals surface area (Å²) in [5.74, 6) is 1.37. The molecule has 0 spiro atoms. The minimum Gasteiger partial charge on any atom is -0.375 e. The number of hydrogen-bond donors (Lipinski definition) is 1. The van der Waals surface area contributed by atoms with Crippen molar-refractivity contribution in [2.75, 3.05) is 12.3 Å². The Labute approximate surface area is 97.5 Å². The van der Waals surface area contributed by atoms with Crippen LogP contribution in [-0.4, -0.2) is 35.8 Å². The van der Waals surface area contributed by atoms with Crippen molar-refractivity contribution in [3.63, 3.8) is 0 Å². The SMILES string of the molecule is CC1CC(NCC2CCCS2)CC(C)O1. The zero-order chi connectivity index (χ0) is 10.7. The molecule has 2 aliphatic rings. The number of thioether (sulfide) groups is 1. The summed E-state index contributed by atoms with van der Waals surface area (Å²) in [4.78, 5) is 0. The predicted molar refractivity (Wildman–Crippen MR) is 66.5 cm³/mol. The second kappa shape index (κ2) is 5.55. The molecule has 0 aromatic rings. The van der Waals surface area contributed by atoms with E-state index in [4.69, 9.17) is 4.74 Å². The summed E-state index contributed by atoms with van der Waals surface area (Å²) in [5, 5.41) is 4.60. The molecular weight excluding hydrogens is 206 g/mol. The normalized spacial score (nSPS) is 42.0. The quantitative estimate of drug-likeness (QED) is 0.803.